The molecule has 0 saturated heterocycles. The van der Waals surface area contributed by atoms with Crippen molar-refractivity contribution >= 4 is 0 Å². The molecule has 0 amide bonds. The second-order valence-electron chi connectivity index (χ2n) is 9.62. The predicted molar refractivity (Wildman–Crippen MR) is 94.3 cm³/mol. The number of hydrogen-bond acceptors (Lipinski definition) is 3. The lowest BCUT2D eigenvalue weighted by molar-refractivity contribution is -0.217. The molecular weight excluding hydrogens is 300 g/mol. The Hall–Kier alpha value is -0.380. The third-order valence-electron chi connectivity index (χ3n) is 8.92. The van der Waals surface area contributed by atoms with Crippen molar-refractivity contribution in [3.8, 4) is 0 Å². The van der Waals surface area contributed by atoms with Gasteiger partial charge in [0.15, 0.2) is 0 Å². The first-order chi connectivity index (χ1) is 11.3. The molecule has 4 aliphatic rings. The summed E-state index contributed by atoms with van der Waals surface area (Å²) in [6.45, 7) is 6.89. The van der Waals surface area contributed by atoms with Gasteiger partial charge >= 0.3 is 0 Å². The highest BCUT2D eigenvalue weighted by Gasteiger charge is 2.63. The van der Waals surface area contributed by atoms with E-state index in [2.05, 4.69) is 26.8 Å². The highest BCUT2D eigenvalue weighted by atomic mass is 16.3. The number of hydrogen-bond donors (Lipinski definition) is 3. The van der Waals surface area contributed by atoms with Crippen LogP contribution in [-0.2, 0) is 0 Å². The van der Waals surface area contributed by atoms with Crippen molar-refractivity contribution in [1.82, 2.24) is 0 Å². The largest absolute Gasteiger partial charge is 0.393 e. The molecule has 4 aliphatic carbocycles. The average molecular weight is 335 g/mol. The van der Waals surface area contributed by atoms with Gasteiger partial charge in [0.1, 0.15) is 0 Å². The molecule has 3 N–H and O–H groups in total. The van der Waals surface area contributed by atoms with Gasteiger partial charge in [-0.3, -0.25) is 0 Å². The Morgan fingerprint density at radius 3 is 2.38 bits per heavy atom. The van der Waals surface area contributed by atoms with Crippen LogP contribution in [0, 0.1) is 34.5 Å². The molecule has 24 heavy (non-hydrogen) atoms. The Kier molecular flexibility index (Phi) is 3.95. The maximum atomic E-state index is 11.1. The maximum absolute atomic E-state index is 11.1. The van der Waals surface area contributed by atoms with Crippen LogP contribution in [0.15, 0.2) is 11.6 Å². The Bertz CT molecular complexity index is 543. The van der Waals surface area contributed by atoms with E-state index >= 15 is 0 Å². The normalized spacial score (nSPS) is 58.9. The van der Waals surface area contributed by atoms with Crippen molar-refractivity contribution in [3.05, 3.63) is 11.6 Å². The minimum absolute atomic E-state index is 0.0458. The molecule has 4 unspecified atom stereocenters. The molecule has 0 bridgehead atoms. The molecule has 4 fully saturated rings. The van der Waals surface area contributed by atoms with Gasteiger partial charge in [0.25, 0.3) is 0 Å². The van der Waals surface area contributed by atoms with Gasteiger partial charge in [-0.05, 0) is 86.4 Å². The number of aliphatic hydroxyl groups excluding tert-OH is 3. The van der Waals surface area contributed by atoms with E-state index in [4.69, 9.17) is 0 Å². The topological polar surface area (TPSA) is 60.7 Å². The molecule has 0 aromatic carbocycles. The van der Waals surface area contributed by atoms with Gasteiger partial charge in [-0.15, -0.1) is 0 Å². The number of fused-ring (bicyclic) bond motifs is 5. The van der Waals surface area contributed by atoms with E-state index in [9.17, 15) is 15.3 Å². The highest BCUT2D eigenvalue weighted by molar-refractivity contribution is 5.25. The van der Waals surface area contributed by atoms with Crippen molar-refractivity contribution in [2.24, 2.45) is 34.5 Å². The Morgan fingerprint density at radius 2 is 1.67 bits per heavy atom. The molecule has 4 saturated carbocycles. The van der Waals surface area contributed by atoms with Crippen LogP contribution < -0.4 is 0 Å². The van der Waals surface area contributed by atoms with Crippen LogP contribution in [0.1, 0.15) is 65.7 Å². The van der Waals surface area contributed by atoms with Gasteiger partial charge in [0.05, 0.1) is 18.3 Å². The van der Waals surface area contributed by atoms with Gasteiger partial charge in [-0.25, -0.2) is 0 Å². The molecule has 0 spiro atoms. The van der Waals surface area contributed by atoms with Crippen LogP contribution in [0.5, 0.6) is 0 Å². The second kappa shape index (κ2) is 5.56. The molecule has 0 aromatic heterocycles. The van der Waals surface area contributed by atoms with E-state index < -0.39 is 12.2 Å². The number of rotatable bonds is 0. The fraction of sp³-hybridized carbons (Fsp3) is 0.905. The fourth-order valence-electron chi connectivity index (χ4n) is 7.56. The molecule has 3 nitrogen and oxygen atoms in total. The lowest BCUT2D eigenvalue weighted by Crippen LogP contribution is -2.63. The van der Waals surface area contributed by atoms with Crippen molar-refractivity contribution in [2.45, 2.75) is 84.0 Å². The van der Waals surface area contributed by atoms with E-state index in [0.29, 0.717) is 18.3 Å². The summed E-state index contributed by atoms with van der Waals surface area (Å²) in [5, 5.41) is 32.1. The lowest BCUT2D eigenvalue weighted by atomic mass is 9.43. The molecule has 0 heterocycles. The van der Waals surface area contributed by atoms with Gasteiger partial charge < -0.3 is 15.3 Å². The van der Waals surface area contributed by atoms with Gasteiger partial charge in [-0.1, -0.05) is 25.5 Å². The number of allylic oxidation sites excluding steroid dienone is 2. The maximum Gasteiger partial charge on any atom is 0.0836 e. The van der Waals surface area contributed by atoms with E-state index in [1.165, 1.54) is 6.42 Å². The Morgan fingerprint density at radius 1 is 0.917 bits per heavy atom. The third-order valence-corrected chi connectivity index (χ3v) is 8.92. The Labute approximate surface area is 146 Å². The van der Waals surface area contributed by atoms with E-state index in [0.717, 1.165) is 32.1 Å². The van der Waals surface area contributed by atoms with Crippen LogP contribution in [0.3, 0.4) is 0 Å². The SMILES string of the molecule is C/C=C1/CCC2C3C(O)[C@H](O)[C@H]4C[C@@H](O)CC[C@]4(C)C3CC[C@]12C. The van der Waals surface area contributed by atoms with Crippen LogP contribution in [0.2, 0.25) is 0 Å². The summed E-state index contributed by atoms with van der Waals surface area (Å²) in [5.74, 6) is 1.25. The van der Waals surface area contributed by atoms with Crippen molar-refractivity contribution in [1.29, 1.82) is 0 Å². The first-order valence-electron chi connectivity index (χ1n) is 10.0. The van der Waals surface area contributed by atoms with Crippen molar-refractivity contribution in [3.63, 3.8) is 0 Å². The predicted octanol–water partition coefficient (Wildman–Crippen LogP) is 3.28. The zero-order valence-corrected chi connectivity index (χ0v) is 15.4. The zero-order valence-electron chi connectivity index (χ0n) is 15.4. The van der Waals surface area contributed by atoms with Crippen molar-refractivity contribution < 1.29 is 15.3 Å². The summed E-state index contributed by atoms with van der Waals surface area (Å²) in [5.41, 5.74) is 1.86. The summed E-state index contributed by atoms with van der Waals surface area (Å²) in [6, 6.07) is 0. The summed E-state index contributed by atoms with van der Waals surface area (Å²) in [4.78, 5) is 0. The van der Waals surface area contributed by atoms with Gasteiger partial charge in [-0.2, -0.15) is 0 Å². The summed E-state index contributed by atoms with van der Waals surface area (Å²) in [7, 11) is 0. The lowest BCUT2D eigenvalue weighted by Gasteiger charge is -2.63. The van der Waals surface area contributed by atoms with Crippen LogP contribution in [0.4, 0.5) is 0 Å². The molecule has 0 aliphatic heterocycles. The fourth-order valence-corrected chi connectivity index (χ4v) is 7.56. The van der Waals surface area contributed by atoms with E-state index in [1.807, 2.05) is 0 Å². The minimum atomic E-state index is -0.678. The summed E-state index contributed by atoms with van der Waals surface area (Å²) < 4.78 is 0. The van der Waals surface area contributed by atoms with E-state index in [1.54, 1.807) is 5.57 Å². The Balaban J connectivity index is 1.73. The zero-order chi connectivity index (χ0) is 17.3. The third kappa shape index (κ3) is 2.07. The summed E-state index contributed by atoms with van der Waals surface area (Å²) >= 11 is 0. The van der Waals surface area contributed by atoms with Crippen LogP contribution in [0.25, 0.3) is 0 Å². The molecule has 0 radical (unpaired) electrons. The monoisotopic (exact) mass is 334 g/mol. The summed E-state index contributed by atoms with van der Waals surface area (Å²) in [6.07, 6.45) is 7.86. The minimum Gasteiger partial charge on any atom is -0.393 e. The van der Waals surface area contributed by atoms with Gasteiger partial charge in [0, 0.05) is 0 Å². The van der Waals surface area contributed by atoms with E-state index in [-0.39, 0.29) is 28.8 Å². The molecule has 3 heteroatoms. The molecule has 136 valence electrons. The van der Waals surface area contributed by atoms with Crippen LogP contribution >= 0.6 is 0 Å². The first kappa shape index (κ1) is 17.1. The molecular formula is C21H34O3. The smallest absolute Gasteiger partial charge is 0.0836 e. The second-order valence-corrected chi connectivity index (χ2v) is 9.62. The molecule has 0 aromatic rings. The first-order valence-corrected chi connectivity index (χ1v) is 10.0. The molecule has 4 rings (SSSR count). The van der Waals surface area contributed by atoms with Crippen LogP contribution in [-0.4, -0.2) is 33.6 Å². The number of aliphatic hydroxyl groups is 3. The molecule has 9 atom stereocenters. The standard InChI is InChI=1S/C21H34O3/c1-4-12-5-6-14-17-15(8-10-20(12,14)2)21(3)9-7-13(22)11-16(21)18(23)19(17)24/h4,13-19,22-24H,5-11H2,1-3H3/b12-4-/t13-,14?,15?,16+,17?,18+,19?,20+,21+/m0/s1. The van der Waals surface area contributed by atoms with Gasteiger partial charge in [0.2, 0.25) is 0 Å². The average Bonchev–Trinajstić information content (AvgIpc) is 2.90. The van der Waals surface area contributed by atoms with Crippen molar-refractivity contribution in [2.75, 3.05) is 0 Å². The highest BCUT2D eigenvalue weighted by Crippen LogP contribution is 2.67. The quantitative estimate of drug-likeness (QED) is 0.596.